The molecule has 0 aliphatic rings. The van der Waals surface area contributed by atoms with Crippen LogP contribution in [0.3, 0.4) is 0 Å². The van der Waals surface area contributed by atoms with Gasteiger partial charge in [0.25, 0.3) is 5.91 Å². The highest BCUT2D eigenvalue weighted by atomic mass is 35.5. The first kappa shape index (κ1) is 19.9. The highest BCUT2D eigenvalue weighted by Crippen LogP contribution is 2.18. The molecule has 3 aromatic rings. The van der Waals surface area contributed by atoms with Crippen LogP contribution in [0.1, 0.15) is 21.7 Å². The van der Waals surface area contributed by atoms with Crippen LogP contribution >= 0.6 is 23.4 Å². The summed E-state index contributed by atoms with van der Waals surface area (Å²) in [5.41, 5.74) is 6.14. The minimum absolute atomic E-state index is 0.0791. The molecule has 3 rings (SSSR count). The number of aryl methyl sites for hydroxylation is 1. The van der Waals surface area contributed by atoms with Gasteiger partial charge in [-0.25, -0.2) is 0 Å². The van der Waals surface area contributed by atoms with Gasteiger partial charge in [-0.05, 0) is 24.6 Å². The molecular formula is C19H18ClN5O2S. The lowest BCUT2D eigenvalue weighted by Gasteiger charge is -2.10. The molecule has 0 unspecified atom stereocenters. The second-order valence-corrected chi connectivity index (χ2v) is 7.22. The number of amides is 2. The van der Waals surface area contributed by atoms with E-state index in [-0.39, 0.29) is 17.2 Å². The average Bonchev–Trinajstić information content (AvgIpc) is 3.05. The number of hydrogen-bond acceptors (Lipinski definition) is 5. The fourth-order valence-electron chi connectivity index (χ4n) is 2.42. The van der Waals surface area contributed by atoms with Crippen molar-refractivity contribution in [2.45, 2.75) is 18.6 Å². The van der Waals surface area contributed by atoms with E-state index >= 15 is 0 Å². The van der Waals surface area contributed by atoms with Crippen LogP contribution in [0.4, 0.5) is 0 Å². The van der Waals surface area contributed by atoms with Crippen molar-refractivity contribution < 1.29 is 9.59 Å². The van der Waals surface area contributed by atoms with Gasteiger partial charge < -0.3 is 4.57 Å². The number of hydrazine groups is 1. The van der Waals surface area contributed by atoms with E-state index < -0.39 is 5.91 Å². The Balaban J connectivity index is 1.54. The van der Waals surface area contributed by atoms with Gasteiger partial charge in [0.1, 0.15) is 5.82 Å². The van der Waals surface area contributed by atoms with Crippen LogP contribution < -0.4 is 10.9 Å². The number of carbonyl (C=O) groups excluding carboxylic acids is 2. The Morgan fingerprint density at radius 2 is 1.75 bits per heavy atom. The number of hydrogen-bond donors (Lipinski definition) is 2. The van der Waals surface area contributed by atoms with Gasteiger partial charge in [0.05, 0.1) is 22.9 Å². The van der Waals surface area contributed by atoms with E-state index in [0.29, 0.717) is 16.7 Å². The largest absolute Gasteiger partial charge is 0.302 e. The quantitative estimate of drug-likeness (QED) is 0.477. The van der Waals surface area contributed by atoms with Gasteiger partial charge in [-0.1, -0.05) is 65.8 Å². The Morgan fingerprint density at radius 3 is 2.50 bits per heavy atom. The maximum absolute atomic E-state index is 12.1. The molecule has 2 amide bonds. The number of nitrogens with one attached hydrogen (secondary N) is 2. The smallest absolute Gasteiger partial charge is 0.271 e. The maximum atomic E-state index is 12.1. The third-order valence-corrected chi connectivity index (χ3v) is 5.15. The monoisotopic (exact) mass is 415 g/mol. The number of aromatic nitrogens is 3. The summed E-state index contributed by atoms with van der Waals surface area (Å²) in [5.74, 6) is -0.00133. The van der Waals surface area contributed by atoms with Crippen LogP contribution in [0.15, 0.2) is 59.8 Å². The number of thioether (sulfide) groups is 1. The van der Waals surface area contributed by atoms with Crippen LogP contribution in [0.25, 0.3) is 0 Å². The summed E-state index contributed by atoms with van der Waals surface area (Å²) in [7, 11) is 0. The lowest BCUT2D eigenvalue weighted by molar-refractivity contribution is -0.119. The van der Waals surface area contributed by atoms with Gasteiger partial charge in [-0.3, -0.25) is 20.4 Å². The van der Waals surface area contributed by atoms with Crippen molar-refractivity contribution in [2.75, 3.05) is 5.75 Å². The van der Waals surface area contributed by atoms with Gasteiger partial charge in [0.15, 0.2) is 5.16 Å². The van der Waals surface area contributed by atoms with E-state index in [1.165, 1.54) is 11.8 Å². The zero-order valence-electron chi connectivity index (χ0n) is 15.1. The van der Waals surface area contributed by atoms with Crippen molar-refractivity contribution in [1.82, 2.24) is 25.6 Å². The van der Waals surface area contributed by atoms with Crippen molar-refractivity contribution in [3.63, 3.8) is 0 Å². The zero-order chi connectivity index (χ0) is 19.9. The Kier molecular flexibility index (Phi) is 6.67. The summed E-state index contributed by atoms with van der Waals surface area (Å²) in [5, 5.41) is 9.17. The number of halogens is 1. The molecule has 0 aliphatic carbocycles. The summed E-state index contributed by atoms with van der Waals surface area (Å²) >= 11 is 7.21. The topological polar surface area (TPSA) is 88.9 Å². The molecular weight excluding hydrogens is 398 g/mol. The lowest BCUT2D eigenvalue weighted by Crippen LogP contribution is -2.42. The molecule has 9 heteroatoms. The van der Waals surface area contributed by atoms with Gasteiger partial charge in [0.2, 0.25) is 5.91 Å². The molecule has 2 N–H and O–H groups in total. The molecule has 0 saturated heterocycles. The van der Waals surface area contributed by atoms with E-state index in [0.717, 1.165) is 11.4 Å². The van der Waals surface area contributed by atoms with E-state index in [4.69, 9.17) is 11.6 Å². The highest BCUT2D eigenvalue weighted by molar-refractivity contribution is 7.99. The Labute approximate surface area is 171 Å². The molecule has 2 aromatic carbocycles. The van der Waals surface area contributed by atoms with Crippen LogP contribution in [0.2, 0.25) is 5.02 Å². The Hall–Kier alpha value is -2.84. The Bertz CT molecular complexity index is 977. The van der Waals surface area contributed by atoms with Crippen LogP contribution in [-0.2, 0) is 11.3 Å². The first-order valence-corrected chi connectivity index (χ1v) is 9.81. The van der Waals surface area contributed by atoms with Crippen molar-refractivity contribution in [2.24, 2.45) is 0 Å². The van der Waals surface area contributed by atoms with Crippen LogP contribution in [0, 0.1) is 6.92 Å². The van der Waals surface area contributed by atoms with Crippen LogP contribution in [-0.4, -0.2) is 32.3 Å². The minimum atomic E-state index is -0.480. The number of rotatable bonds is 6. The van der Waals surface area contributed by atoms with Gasteiger partial charge in [0, 0.05) is 0 Å². The number of benzene rings is 2. The van der Waals surface area contributed by atoms with Crippen LogP contribution in [0.5, 0.6) is 0 Å². The molecule has 0 fully saturated rings. The second kappa shape index (κ2) is 9.38. The standard InChI is InChI=1S/C19H18ClN5O2S/c1-13-21-24-19(25(13)11-14-7-3-2-4-8-14)28-12-17(26)22-23-18(27)15-9-5-6-10-16(15)20/h2-10H,11-12H2,1H3,(H,22,26)(H,23,27). The third kappa shape index (κ3) is 5.11. The normalized spacial score (nSPS) is 10.5. The van der Waals surface area contributed by atoms with Crippen molar-refractivity contribution in [3.05, 3.63) is 76.6 Å². The fourth-order valence-corrected chi connectivity index (χ4v) is 3.43. The minimum Gasteiger partial charge on any atom is -0.302 e. The molecule has 0 bridgehead atoms. The van der Waals surface area contributed by atoms with Crippen molar-refractivity contribution in [1.29, 1.82) is 0 Å². The van der Waals surface area contributed by atoms with E-state index in [1.54, 1.807) is 24.3 Å². The maximum Gasteiger partial charge on any atom is 0.271 e. The molecule has 0 spiro atoms. The fraction of sp³-hybridized carbons (Fsp3) is 0.158. The predicted molar refractivity (Wildman–Crippen MR) is 108 cm³/mol. The zero-order valence-corrected chi connectivity index (χ0v) is 16.6. The van der Waals surface area contributed by atoms with E-state index in [2.05, 4.69) is 21.0 Å². The summed E-state index contributed by atoms with van der Waals surface area (Å²) in [6.45, 7) is 2.48. The molecule has 1 heterocycles. The average molecular weight is 416 g/mol. The first-order chi connectivity index (χ1) is 13.5. The summed E-state index contributed by atoms with van der Waals surface area (Å²) in [6.07, 6.45) is 0. The molecule has 1 aromatic heterocycles. The van der Waals surface area contributed by atoms with Crippen molar-refractivity contribution >= 4 is 35.2 Å². The molecule has 0 radical (unpaired) electrons. The molecule has 28 heavy (non-hydrogen) atoms. The number of carbonyl (C=O) groups is 2. The molecule has 0 aliphatic heterocycles. The molecule has 7 nitrogen and oxygen atoms in total. The van der Waals surface area contributed by atoms with Gasteiger partial charge >= 0.3 is 0 Å². The van der Waals surface area contributed by atoms with Gasteiger partial charge in [-0.2, -0.15) is 0 Å². The van der Waals surface area contributed by atoms with E-state index in [1.807, 2.05) is 41.8 Å². The Morgan fingerprint density at radius 1 is 1.04 bits per heavy atom. The predicted octanol–water partition coefficient (Wildman–Crippen LogP) is 2.84. The molecule has 0 atom stereocenters. The molecule has 144 valence electrons. The summed E-state index contributed by atoms with van der Waals surface area (Å²) in [6, 6.07) is 16.5. The summed E-state index contributed by atoms with van der Waals surface area (Å²) < 4.78 is 1.94. The highest BCUT2D eigenvalue weighted by Gasteiger charge is 2.14. The summed E-state index contributed by atoms with van der Waals surface area (Å²) in [4.78, 5) is 24.1. The van der Waals surface area contributed by atoms with E-state index in [9.17, 15) is 9.59 Å². The third-order valence-electron chi connectivity index (χ3n) is 3.85. The van der Waals surface area contributed by atoms with Gasteiger partial charge in [-0.15, -0.1) is 10.2 Å². The second-order valence-electron chi connectivity index (χ2n) is 5.87. The molecule has 0 saturated carbocycles. The SMILES string of the molecule is Cc1nnc(SCC(=O)NNC(=O)c2ccccc2Cl)n1Cc1ccccc1. The van der Waals surface area contributed by atoms with Crippen molar-refractivity contribution in [3.8, 4) is 0 Å². The number of nitrogens with zero attached hydrogens (tertiary/aromatic N) is 3. The lowest BCUT2D eigenvalue weighted by atomic mass is 10.2. The first-order valence-electron chi connectivity index (χ1n) is 8.45.